The maximum Gasteiger partial charge on any atom is 0.120 e. The van der Waals surface area contributed by atoms with Crippen LogP contribution in [0.25, 0.3) is 0 Å². The van der Waals surface area contributed by atoms with Gasteiger partial charge in [0.2, 0.25) is 0 Å². The van der Waals surface area contributed by atoms with Crippen LogP contribution in [0.15, 0.2) is 24.3 Å². The monoisotopic (exact) mass is 275 g/mol. The molecule has 2 aliphatic carbocycles. The Morgan fingerprint density at radius 2 is 1.85 bits per heavy atom. The highest BCUT2D eigenvalue weighted by molar-refractivity contribution is 5.32. The van der Waals surface area contributed by atoms with Crippen LogP contribution in [0.3, 0.4) is 0 Å². The summed E-state index contributed by atoms with van der Waals surface area (Å²) in [6, 6.07) is 8.83. The molecule has 3 rings (SSSR count). The first-order chi connectivity index (χ1) is 9.80. The van der Waals surface area contributed by atoms with Crippen LogP contribution in [0.4, 0.5) is 0 Å². The van der Waals surface area contributed by atoms with E-state index in [9.17, 15) is 0 Å². The van der Waals surface area contributed by atoms with E-state index in [1.165, 1.54) is 32.1 Å². The highest BCUT2D eigenvalue weighted by atomic mass is 16.5. The van der Waals surface area contributed by atoms with Gasteiger partial charge in [-0.2, -0.15) is 0 Å². The molecule has 1 N–H and O–H groups in total. The fourth-order valence-corrected chi connectivity index (χ4v) is 2.79. The lowest BCUT2D eigenvalue weighted by molar-refractivity contribution is -0.0143. The summed E-state index contributed by atoms with van der Waals surface area (Å²) in [5.74, 6) is 1.89. The summed E-state index contributed by atoms with van der Waals surface area (Å²) in [6.45, 7) is 3.79. The van der Waals surface area contributed by atoms with E-state index in [4.69, 9.17) is 9.47 Å². The molecule has 0 aromatic heterocycles. The molecule has 110 valence electrons. The van der Waals surface area contributed by atoms with Crippen LogP contribution in [0.5, 0.6) is 11.5 Å². The minimum absolute atomic E-state index is 0.0784. The van der Waals surface area contributed by atoms with E-state index in [0.29, 0.717) is 6.61 Å². The Morgan fingerprint density at radius 3 is 2.40 bits per heavy atom. The average molecular weight is 275 g/mol. The third-order valence-electron chi connectivity index (χ3n) is 4.32. The van der Waals surface area contributed by atoms with Crippen molar-refractivity contribution in [3.8, 4) is 11.5 Å². The van der Waals surface area contributed by atoms with E-state index in [1.54, 1.807) is 0 Å². The van der Waals surface area contributed by atoms with Crippen molar-refractivity contribution in [2.75, 3.05) is 13.2 Å². The smallest absolute Gasteiger partial charge is 0.120 e. The minimum atomic E-state index is 0.0784. The van der Waals surface area contributed by atoms with Crippen LogP contribution in [0.2, 0.25) is 0 Å². The molecule has 0 saturated heterocycles. The van der Waals surface area contributed by atoms with Crippen molar-refractivity contribution < 1.29 is 9.47 Å². The lowest BCUT2D eigenvalue weighted by Crippen LogP contribution is -2.45. The quantitative estimate of drug-likeness (QED) is 0.787. The SMILES string of the molecule is CCOc1ccc(OC2(CCNC3CC3)CCC2)cc1. The number of benzene rings is 1. The van der Waals surface area contributed by atoms with Gasteiger partial charge in [-0.05, 0) is 76.3 Å². The molecule has 3 nitrogen and oxygen atoms in total. The number of rotatable bonds is 8. The standard InChI is InChI=1S/C17H25NO2/c1-2-19-15-6-8-16(9-7-15)20-17(10-3-11-17)12-13-18-14-4-5-14/h6-9,14,18H,2-5,10-13H2,1H3. The zero-order valence-corrected chi connectivity index (χ0v) is 12.4. The normalized spacial score (nSPS) is 20.2. The Labute approximate surface area is 121 Å². The summed E-state index contributed by atoms with van der Waals surface area (Å²) in [5, 5.41) is 3.59. The Hall–Kier alpha value is -1.22. The van der Waals surface area contributed by atoms with E-state index in [2.05, 4.69) is 5.32 Å². The zero-order valence-electron chi connectivity index (χ0n) is 12.4. The molecule has 0 atom stereocenters. The van der Waals surface area contributed by atoms with Gasteiger partial charge in [-0.25, -0.2) is 0 Å². The third-order valence-corrected chi connectivity index (χ3v) is 4.32. The molecule has 20 heavy (non-hydrogen) atoms. The number of ether oxygens (including phenoxy) is 2. The van der Waals surface area contributed by atoms with E-state index in [0.717, 1.165) is 30.5 Å². The van der Waals surface area contributed by atoms with Crippen LogP contribution < -0.4 is 14.8 Å². The molecule has 2 fully saturated rings. The van der Waals surface area contributed by atoms with Gasteiger partial charge in [0.25, 0.3) is 0 Å². The van der Waals surface area contributed by atoms with Crippen LogP contribution in [-0.4, -0.2) is 24.8 Å². The summed E-state index contributed by atoms with van der Waals surface area (Å²) >= 11 is 0. The predicted octanol–water partition coefficient (Wildman–Crippen LogP) is 3.53. The summed E-state index contributed by atoms with van der Waals surface area (Å²) in [7, 11) is 0. The minimum Gasteiger partial charge on any atom is -0.494 e. The summed E-state index contributed by atoms with van der Waals surface area (Å²) in [4.78, 5) is 0. The first-order valence-corrected chi connectivity index (χ1v) is 7.95. The van der Waals surface area contributed by atoms with Gasteiger partial charge >= 0.3 is 0 Å². The molecule has 0 aliphatic heterocycles. The molecule has 1 aromatic carbocycles. The van der Waals surface area contributed by atoms with Gasteiger partial charge in [-0.15, -0.1) is 0 Å². The second-order valence-electron chi connectivity index (χ2n) is 6.02. The van der Waals surface area contributed by atoms with Gasteiger partial charge in [0.15, 0.2) is 0 Å². The molecule has 0 radical (unpaired) electrons. The Bertz CT molecular complexity index is 421. The van der Waals surface area contributed by atoms with Crippen LogP contribution in [0.1, 0.15) is 45.4 Å². The van der Waals surface area contributed by atoms with Crippen molar-refractivity contribution in [1.29, 1.82) is 0 Å². The third kappa shape index (κ3) is 3.45. The Morgan fingerprint density at radius 1 is 1.15 bits per heavy atom. The van der Waals surface area contributed by atoms with Crippen molar-refractivity contribution in [2.24, 2.45) is 0 Å². The summed E-state index contributed by atoms with van der Waals surface area (Å²) in [6.07, 6.45) is 7.50. The highest BCUT2D eigenvalue weighted by Crippen LogP contribution is 2.39. The van der Waals surface area contributed by atoms with Crippen LogP contribution in [-0.2, 0) is 0 Å². The maximum atomic E-state index is 6.28. The lowest BCUT2D eigenvalue weighted by atomic mass is 9.77. The first-order valence-electron chi connectivity index (χ1n) is 7.95. The lowest BCUT2D eigenvalue weighted by Gasteiger charge is -2.42. The van der Waals surface area contributed by atoms with Gasteiger partial charge in [-0.3, -0.25) is 0 Å². The van der Waals surface area contributed by atoms with Crippen LogP contribution >= 0.6 is 0 Å². The number of hydrogen-bond acceptors (Lipinski definition) is 3. The molecule has 0 amide bonds. The van der Waals surface area contributed by atoms with Gasteiger partial charge in [0, 0.05) is 6.04 Å². The predicted molar refractivity (Wildman–Crippen MR) is 80.5 cm³/mol. The molecule has 3 heteroatoms. The molecule has 1 aromatic rings. The van der Waals surface area contributed by atoms with E-state index in [-0.39, 0.29) is 5.60 Å². The average Bonchev–Trinajstić information content (AvgIpc) is 3.22. The molecule has 2 aliphatic rings. The molecule has 0 unspecified atom stereocenters. The topological polar surface area (TPSA) is 30.5 Å². The van der Waals surface area contributed by atoms with Crippen molar-refractivity contribution in [1.82, 2.24) is 5.32 Å². The van der Waals surface area contributed by atoms with Crippen molar-refractivity contribution in [3.05, 3.63) is 24.3 Å². The fraction of sp³-hybridized carbons (Fsp3) is 0.647. The molecular weight excluding hydrogens is 250 g/mol. The second kappa shape index (κ2) is 6.04. The maximum absolute atomic E-state index is 6.28. The van der Waals surface area contributed by atoms with Gasteiger partial charge in [0.1, 0.15) is 17.1 Å². The van der Waals surface area contributed by atoms with E-state index in [1.807, 2.05) is 31.2 Å². The molecule has 0 spiro atoms. The first kappa shape index (κ1) is 13.7. The Balaban J connectivity index is 1.52. The molecule has 2 saturated carbocycles. The van der Waals surface area contributed by atoms with E-state index >= 15 is 0 Å². The fourth-order valence-electron chi connectivity index (χ4n) is 2.79. The molecule has 0 heterocycles. The van der Waals surface area contributed by atoms with Gasteiger partial charge in [-0.1, -0.05) is 0 Å². The highest BCUT2D eigenvalue weighted by Gasteiger charge is 2.39. The van der Waals surface area contributed by atoms with Gasteiger partial charge in [0.05, 0.1) is 6.61 Å². The Kier molecular flexibility index (Phi) is 4.16. The zero-order chi connectivity index (χ0) is 13.8. The van der Waals surface area contributed by atoms with Crippen molar-refractivity contribution >= 4 is 0 Å². The largest absolute Gasteiger partial charge is 0.494 e. The van der Waals surface area contributed by atoms with Crippen molar-refractivity contribution in [3.63, 3.8) is 0 Å². The molecule has 0 bridgehead atoms. The van der Waals surface area contributed by atoms with Gasteiger partial charge < -0.3 is 14.8 Å². The summed E-state index contributed by atoms with van der Waals surface area (Å²) in [5.41, 5.74) is 0.0784. The van der Waals surface area contributed by atoms with E-state index < -0.39 is 0 Å². The number of hydrogen-bond donors (Lipinski definition) is 1. The molecular formula is C17H25NO2. The summed E-state index contributed by atoms with van der Waals surface area (Å²) < 4.78 is 11.7. The number of nitrogens with one attached hydrogen (secondary N) is 1. The van der Waals surface area contributed by atoms with Crippen molar-refractivity contribution in [2.45, 2.75) is 57.1 Å². The second-order valence-corrected chi connectivity index (χ2v) is 6.02. The van der Waals surface area contributed by atoms with Crippen LogP contribution in [0, 0.1) is 0 Å².